The fourth-order valence-electron chi connectivity index (χ4n) is 0. The molecule has 0 saturated heterocycles. The van der Waals surface area contributed by atoms with Crippen molar-refractivity contribution in [2.45, 2.75) is 0 Å². The third-order valence-corrected chi connectivity index (χ3v) is 0. The third kappa shape index (κ3) is 9.01. The Bertz CT molecular complexity index is 6.00. The van der Waals surface area contributed by atoms with Crippen molar-refractivity contribution < 1.29 is 73.8 Å². The summed E-state index contributed by atoms with van der Waals surface area (Å²) in [6, 6.07) is 0. The van der Waals surface area contributed by atoms with Crippen molar-refractivity contribution in [3.8, 4) is 0 Å². The van der Waals surface area contributed by atoms with Gasteiger partial charge in [-0.15, -0.1) is 0 Å². The van der Waals surface area contributed by atoms with E-state index in [1.54, 1.807) is 0 Å². The van der Waals surface area contributed by atoms with Crippen LogP contribution in [-0.2, 0) is 32.0 Å². The molecule has 0 saturated carbocycles. The van der Waals surface area contributed by atoms with Crippen LogP contribution in [0.15, 0.2) is 0 Å². The third-order valence-electron chi connectivity index (χ3n) is 0. The first-order valence-electron chi connectivity index (χ1n) is 0. The molecule has 0 aromatic heterocycles. The van der Waals surface area contributed by atoms with Crippen LogP contribution in [0.25, 0.3) is 0 Å². The molecular weight excluding hydrogens is 367 g/mol. The first kappa shape index (κ1) is 37.7. The molecule has 0 rings (SSSR count). The van der Waals surface area contributed by atoms with E-state index in [1.165, 1.54) is 0 Å². The summed E-state index contributed by atoms with van der Waals surface area (Å²) in [5.41, 5.74) is 0. The zero-order chi connectivity index (χ0) is 0. The predicted octanol–water partition coefficient (Wildman–Crippen LogP) is -0.240. The van der Waals surface area contributed by atoms with Gasteiger partial charge in [0.2, 0.25) is 0 Å². The molecule has 4 heteroatoms. The molecule has 0 atom stereocenters. The van der Waals surface area contributed by atoms with Gasteiger partial charge in [0, 0.05) is 0 Å². The van der Waals surface area contributed by atoms with Crippen LogP contribution < -0.4 is 0 Å². The second-order valence-corrected chi connectivity index (χ2v) is 0. The van der Waals surface area contributed by atoms with Gasteiger partial charge < -0.3 is 11.0 Å². The fraction of sp³-hybridized carbons (Fsp3) is 0. The van der Waals surface area contributed by atoms with Crippen LogP contribution in [0.5, 0.6) is 0 Å². The molecule has 0 heterocycles. The maximum atomic E-state index is 0. The van der Waals surface area contributed by atoms with Crippen LogP contribution in [-0.4, -0.2) is 0 Å². The smallest absolute Gasteiger partial charge is 2.00 e. The summed E-state index contributed by atoms with van der Waals surface area (Å²) in [4.78, 5) is 0. The summed E-state index contributed by atoms with van der Waals surface area (Å²) in [5, 5.41) is 0. The summed E-state index contributed by atoms with van der Waals surface area (Å²) in [6.45, 7) is 0. The largest absolute Gasteiger partial charge is 3.00 e. The van der Waals surface area contributed by atoms with Crippen LogP contribution in [0.1, 0.15) is 0 Å². The van der Waals surface area contributed by atoms with Gasteiger partial charge in [-0.05, 0) is 0 Å². The molecule has 0 aromatic carbocycles. The topological polar surface area (TPSA) is 57.0 Å². The molecule has 25 valence electrons. The average molecular weight is 367 g/mol. The Labute approximate surface area is 72.6 Å². The number of hydrogen-bond donors (Lipinski definition) is 0. The van der Waals surface area contributed by atoms with Crippen LogP contribution in [0.2, 0.25) is 0 Å². The quantitative estimate of drug-likeness (QED) is 0.568. The Morgan fingerprint density at radius 2 is 0.750 bits per heavy atom. The second-order valence-electron chi connectivity index (χ2n) is 0. The molecule has 0 unspecified atom stereocenters. The van der Waals surface area contributed by atoms with Crippen molar-refractivity contribution in [2.24, 2.45) is 0 Å². The molecule has 0 spiro atoms. The van der Waals surface area contributed by atoms with E-state index in [-0.39, 0.29) is 73.8 Å². The summed E-state index contributed by atoms with van der Waals surface area (Å²) >= 11 is 0. The standard InChI is InChI=1S/Ce.2O.Pt/q+3;2*-2;+2. The molecular formula is CeO2Pt+. The summed E-state index contributed by atoms with van der Waals surface area (Å²) in [6.07, 6.45) is 0. The maximum Gasteiger partial charge on any atom is 3.00 e. The molecule has 0 fully saturated rings. The van der Waals surface area contributed by atoms with Gasteiger partial charge in [-0.3, -0.25) is 0 Å². The zero-order valence-electron chi connectivity index (χ0n) is 1.63. The van der Waals surface area contributed by atoms with E-state index in [4.69, 9.17) is 0 Å². The van der Waals surface area contributed by atoms with Crippen molar-refractivity contribution in [2.75, 3.05) is 0 Å². The van der Waals surface area contributed by atoms with E-state index < -0.39 is 0 Å². The van der Waals surface area contributed by atoms with Crippen molar-refractivity contribution in [3.63, 3.8) is 0 Å². The van der Waals surface area contributed by atoms with Crippen LogP contribution >= 0.6 is 0 Å². The van der Waals surface area contributed by atoms with Crippen LogP contribution in [0.4, 0.5) is 0 Å². The normalized spacial score (nSPS) is 0. The van der Waals surface area contributed by atoms with Gasteiger partial charge in [0.05, 0.1) is 0 Å². The van der Waals surface area contributed by atoms with Crippen molar-refractivity contribution in [3.05, 3.63) is 0 Å². The van der Waals surface area contributed by atoms with Gasteiger partial charge >= 0.3 is 62.8 Å². The van der Waals surface area contributed by atoms with E-state index >= 15 is 0 Å². The van der Waals surface area contributed by atoms with E-state index in [2.05, 4.69) is 0 Å². The summed E-state index contributed by atoms with van der Waals surface area (Å²) in [5.74, 6) is 0. The van der Waals surface area contributed by atoms with E-state index in [1.807, 2.05) is 0 Å². The predicted molar refractivity (Wildman–Crippen MR) is 1.37 cm³/mol. The molecule has 0 aliphatic rings. The zero-order valence-corrected chi connectivity index (χ0v) is 7.04. The Hall–Kier alpha value is 1.98. The average Bonchev–Trinajstić information content (AvgIpc) is 0. The molecule has 0 aromatic rings. The minimum atomic E-state index is 0. The van der Waals surface area contributed by atoms with E-state index in [0.717, 1.165) is 0 Å². The minimum absolute atomic E-state index is 0. The molecule has 0 amide bonds. The second kappa shape index (κ2) is 20.1. The number of rotatable bonds is 0. The molecule has 0 N–H and O–H groups in total. The monoisotopic (exact) mass is 367 g/mol. The first-order chi connectivity index (χ1) is 0. The van der Waals surface area contributed by atoms with Crippen molar-refractivity contribution >= 4 is 0 Å². The van der Waals surface area contributed by atoms with Crippen molar-refractivity contribution in [1.29, 1.82) is 0 Å². The molecule has 0 aliphatic carbocycles. The van der Waals surface area contributed by atoms with Crippen LogP contribution in [0, 0.1) is 41.7 Å². The van der Waals surface area contributed by atoms with Gasteiger partial charge in [0.25, 0.3) is 0 Å². The molecule has 4 heavy (non-hydrogen) atoms. The summed E-state index contributed by atoms with van der Waals surface area (Å²) in [7, 11) is 0. The Balaban J connectivity index is 0. The first-order valence-corrected chi connectivity index (χ1v) is 0. The van der Waals surface area contributed by atoms with E-state index in [0.29, 0.717) is 0 Å². The van der Waals surface area contributed by atoms with Crippen LogP contribution in [0.3, 0.4) is 0 Å². The van der Waals surface area contributed by atoms with Crippen molar-refractivity contribution in [1.82, 2.24) is 0 Å². The van der Waals surface area contributed by atoms with Gasteiger partial charge in [-0.25, -0.2) is 0 Å². The Kier molecular flexibility index (Phi) is 190. The molecule has 0 bridgehead atoms. The Morgan fingerprint density at radius 3 is 0.750 bits per heavy atom. The van der Waals surface area contributed by atoms with E-state index in [9.17, 15) is 0 Å². The molecule has 2 nitrogen and oxygen atoms in total. The fourth-order valence-corrected chi connectivity index (χ4v) is 0. The van der Waals surface area contributed by atoms with Gasteiger partial charge in [-0.1, -0.05) is 0 Å². The molecule has 1 radical (unpaired) electrons. The summed E-state index contributed by atoms with van der Waals surface area (Å²) < 4.78 is 0. The maximum absolute atomic E-state index is 0. The van der Waals surface area contributed by atoms with Gasteiger partial charge in [-0.2, -0.15) is 0 Å². The number of hydrogen-bond acceptors (Lipinski definition) is 0. The SMILES string of the molecule is [Ce+3].[O-2].[O-2].[Pt+2]. The van der Waals surface area contributed by atoms with Gasteiger partial charge in [0.15, 0.2) is 0 Å². The Morgan fingerprint density at radius 1 is 0.750 bits per heavy atom. The minimum Gasteiger partial charge on any atom is -2.00 e. The van der Waals surface area contributed by atoms with Gasteiger partial charge in [0.1, 0.15) is 0 Å². The molecule has 0 aliphatic heterocycles.